The molecule has 1 heterocycles. The average molecular weight is 182 g/mol. The SMILES string of the molecule is CCC(C)c1cc(NNC)nn1C. The van der Waals surface area contributed by atoms with Gasteiger partial charge in [-0.1, -0.05) is 13.8 Å². The van der Waals surface area contributed by atoms with Crippen LogP contribution in [0, 0.1) is 0 Å². The fourth-order valence-corrected chi connectivity index (χ4v) is 1.34. The lowest BCUT2D eigenvalue weighted by atomic mass is 10.1. The number of aryl methyl sites for hydroxylation is 1. The van der Waals surface area contributed by atoms with Crippen LogP contribution in [0.1, 0.15) is 31.9 Å². The molecule has 1 atom stereocenters. The molecule has 0 saturated carbocycles. The van der Waals surface area contributed by atoms with E-state index in [0.717, 1.165) is 12.2 Å². The summed E-state index contributed by atoms with van der Waals surface area (Å²) >= 11 is 0. The first-order valence-electron chi connectivity index (χ1n) is 4.65. The molecule has 0 aliphatic heterocycles. The van der Waals surface area contributed by atoms with E-state index in [0.29, 0.717) is 5.92 Å². The molecule has 0 bridgehead atoms. The average Bonchev–Trinajstić information content (AvgIpc) is 2.46. The van der Waals surface area contributed by atoms with Gasteiger partial charge in [-0.2, -0.15) is 5.10 Å². The first kappa shape index (κ1) is 10.1. The Balaban J connectivity index is 2.82. The normalized spacial score (nSPS) is 12.9. The van der Waals surface area contributed by atoms with Gasteiger partial charge in [-0.3, -0.25) is 4.68 Å². The highest BCUT2D eigenvalue weighted by molar-refractivity contribution is 5.35. The van der Waals surface area contributed by atoms with Crippen LogP contribution in [-0.2, 0) is 7.05 Å². The molecular weight excluding hydrogens is 164 g/mol. The van der Waals surface area contributed by atoms with Crippen molar-refractivity contribution >= 4 is 5.82 Å². The zero-order valence-electron chi connectivity index (χ0n) is 8.76. The van der Waals surface area contributed by atoms with Crippen molar-refractivity contribution in [3.63, 3.8) is 0 Å². The predicted molar refractivity (Wildman–Crippen MR) is 54.6 cm³/mol. The Kier molecular flexibility index (Phi) is 3.31. The highest BCUT2D eigenvalue weighted by Gasteiger charge is 2.09. The van der Waals surface area contributed by atoms with Crippen LogP contribution in [0.4, 0.5) is 5.82 Å². The van der Waals surface area contributed by atoms with Crippen molar-refractivity contribution in [2.75, 3.05) is 12.5 Å². The Morgan fingerprint density at radius 1 is 1.62 bits per heavy atom. The molecule has 1 aromatic heterocycles. The molecule has 2 N–H and O–H groups in total. The van der Waals surface area contributed by atoms with Gasteiger partial charge in [0.2, 0.25) is 0 Å². The number of rotatable bonds is 4. The van der Waals surface area contributed by atoms with E-state index in [2.05, 4.69) is 35.9 Å². The maximum Gasteiger partial charge on any atom is 0.162 e. The molecule has 0 aliphatic rings. The van der Waals surface area contributed by atoms with E-state index in [1.54, 1.807) is 0 Å². The Morgan fingerprint density at radius 2 is 2.31 bits per heavy atom. The van der Waals surface area contributed by atoms with Crippen LogP contribution in [0.25, 0.3) is 0 Å². The smallest absolute Gasteiger partial charge is 0.162 e. The zero-order chi connectivity index (χ0) is 9.84. The second-order valence-electron chi connectivity index (χ2n) is 3.26. The van der Waals surface area contributed by atoms with E-state index in [9.17, 15) is 0 Å². The summed E-state index contributed by atoms with van der Waals surface area (Å²) in [5.74, 6) is 1.44. The summed E-state index contributed by atoms with van der Waals surface area (Å²) in [7, 11) is 3.81. The van der Waals surface area contributed by atoms with Gasteiger partial charge in [0, 0.05) is 25.9 Å². The van der Waals surface area contributed by atoms with Gasteiger partial charge in [-0.15, -0.1) is 0 Å². The lowest BCUT2D eigenvalue weighted by molar-refractivity contribution is 0.625. The third-order valence-electron chi connectivity index (χ3n) is 2.29. The van der Waals surface area contributed by atoms with Crippen LogP contribution in [0.15, 0.2) is 6.07 Å². The van der Waals surface area contributed by atoms with Crippen LogP contribution in [0.5, 0.6) is 0 Å². The molecule has 1 unspecified atom stereocenters. The van der Waals surface area contributed by atoms with Crippen LogP contribution in [0.2, 0.25) is 0 Å². The van der Waals surface area contributed by atoms with E-state index >= 15 is 0 Å². The standard InChI is InChI=1S/C9H18N4/c1-5-7(2)8-6-9(11-10-3)12-13(8)4/h6-7,10H,5H2,1-4H3,(H,11,12). The van der Waals surface area contributed by atoms with E-state index in [1.165, 1.54) is 5.69 Å². The first-order valence-corrected chi connectivity index (χ1v) is 4.65. The molecule has 4 nitrogen and oxygen atoms in total. The van der Waals surface area contributed by atoms with E-state index in [-0.39, 0.29) is 0 Å². The lowest BCUT2D eigenvalue weighted by Gasteiger charge is -2.07. The molecule has 74 valence electrons. The molecule has 0 spiro atoms. The maximum atomic E-state index is 4.31. The molecule has 0 saturated heterocycles. The Labute approximate surface area is 79.3 Å². The zero-order valence-corrected chi connectivity index (χ0v) is 8.76. The van der Waals surface area contributed by atoms with Crippen LogP contribution in [-0.4, -0.2) is 16.8 Å². The molecule has 1 aromatic rings. The second kappa shape index (κ2) is 4.28. The number of hydrogen-bond acceptors (Lipinski definition) is 3. The van der Waals surface area contributed by atoms with Gasteiger partial charge in [0.15, 0.2) is 5.82 Å². The summed E-state index contributed by atoms with van der Waals surface area (Å²) in [5.41, 5.74) is 7.09. The van der Waals surface area contributed by atoms with Crippen LogP contribution >= 0.6 is 0 Å². The first-order chi connectivity index (χ1) is 6.19. The van der Waals surface area contributed by atoms with Gasteiger partial charge in [0.05, 0.1) is 0 Å². The summed E-state index contributed by atoms with van der Waals surface area (Å²) in [4.78, 5) is 0. The minimum absolute atomic E-state index is 0.560. The number of aromatic nitrogens is 2. The number of nitrogens with zero attached hydrogens (tertiary/aromatic N) is 2. The van der Waals surface area contributed by atoms with Crippen molar-refractivity contribution in [1.82, 2.24) is 15.2 Å². The Morgan fingerprint density at radius 3 is 2.85 bits per heavy atom. The highest BCUT2D eigenvalue weighted by atomic mass is 15.4. The summed E-state index contributed by atoms with van der Waals surface area (Å²) in [6, 6.07) is 2.07. The largest absolute Gasteiger partial charge is 0.305 e. The third kappa shape index (κ3) is 2.21. The number of nitrogens with one attached hydrogen (secondary N) is 2. The van der Waals surface area contributed by atoms with E-state index in [4.69, 9.17) is 0 Å². The fourth-order valence-electron chi connectivity index (χ4n) is 1.34. The van der Waals surface area contributed by atoms with E-state index < -0.39 is 0 Å². The minimum atomic E-state index is 0.560. The van der Waals surface area contributed by atoms with Crippen molar-refractivity contribution in [2.24, 2.45) is 7.05 Å². The molecule has 0 amide bonds. The maximum absolute atomic E-state index is 4.31. The highest BCUT2D eigenvalue weighted by Crippen LogP contribution is 2.20. The summed E-state index contributed by atoms with van der Waals surface area (Å²) < 4.78 is 1.92. The molecule has 0 radical (unpaired) electrons. The molecule has 0 aliphatic carbocycles. The van der Waals surface area contributed by atoms with Gasteiger partial charge in [0.25, 0.3) is 0 Å². The quantitative estimate of drug-likeness (QED) is 0.693. The topological polar surface area (TPSA) is 41.9 Å². The van der Waals surface area contributed by atoms with E-state index in [1.807, 2.05) is 18.8 Å². The van der Waals surface area contributed by atoms with Gasteiger partial charge in [-0.05, 0) is 12.3 Å². The molecular formula is C9H18N4. The van der Waals surface area contributed by atoms with Gasteiger partial charge in [-0.25, -0.2) is 5.43 Å². The molecule has 13 heavy (non-hydrogen) atoms. The minimum Gasteiger partial charge on any atom is -0.305 e. The number of hydrazine groups is 1. The van der Waals surface area contributed by atoms with Gasteiger partial charge < -0.3 is 5.43 Å². The van der Waals surface area contributed by atoms with Crippen molar-refractivity contribution in [3.05, 3.63) is 11.8 Å². The molecule has 0 fully saturated rings. The second-order valence-corrected chi connectivity index (χ2v) is 3.26. The molecule has 1 rings (SSSR count). The van der Waals surface area contributed by atoms with Crippen molar-refractivity contribution in [2.45, 2.75) is 26.2 Å². The molecule has 4 heteroatoms. The summed E-state index contributed by atoms with van der Waals surface area (Å²) in [5, 5.41) is 4.31. The summed E-state index contributed by atoms with van der Waals surface area (Å²) in [6.45, 7) is 4.39. The monoisotopic (exact) mass is 182 g/mol. The van der Waals surface area contributed by atoms with Gasteiger partial charge >= 0.3 is 0 Å². The van der Waals surface area contributed by atoms with Crippen LogP contribution in [0.3, 0.4) is 0 Å². The number of hydrogen-bond donors (Lipinski definition) is 2. The Bertz CT molecular complexity index is 267. The van der Waals surface area contributed by atoms with Crippen molar-refractivity contribution in [1.29, 1.82) is 0 Å². The fraction of sp³-hybridized carbons (Fsp3) is 0.667. The third-order valence-corrected chi connectivity index (χ3v) is 2.29. The van der Waals surface area contributed by atoms with Crippen molar-refractivity contribution < 1.29 is 0 Å². The lowest BCUT2D eigenvalue weighted by Crippen LogP contribution is -2.15. The molecule has 0 aromatic carbocycles. The Hall–Kier alpha value is -1.03. The van der Waals surface area contributed by atoms with Crippen LogP contribution < -0.4 is 10.9 Å². The van der Waals surface area contributed by atoms with Crippen molar-refractivity contribution in [3.8, 4) is 0 Å². The predicted octanol–water partition coefficient (Wildman–Crippen LogP) is 1.48. The summed E-state index contributed by atoms with van der Waals surface area (Å²) in [6.07, 6.45) is 1.14. The number of anilines is 1. The van der Waals surface area contributed by atoms with Gasteiger partial charge in [0.1, 0.15) is 0 Å².